The summed E-state index contributed by atoms with van der Waals surface area (Å²) in [5.74, 6) is -1.01. The Labute approximate surface area is 176 Å². The molecular weight excluding hydrogens is 401 g/mol. The van der Waals surface area contributed by atoms with Crippen LogP contribution in [-0.4, -0.2) is 15.5 Å². The number of nitrogens with one attached hydrogen (secondary N) is 2. The van der Waals surface area contributed by atoms with Gasteiger partial charge in [-0.3, -0.25) is 14.2 Å². The summed E-state index contributed by atoms with van der Waals surface area (Å²) in [6, 6.07) is 16.2. The second-order valence-corrected chi connectivity index (χ2v) is 7.37. The van der Waals surface area contributed by atoms with E-state index in [2.05, 4.69) is 10.3 Å². The molecule has 1 aromatic heterocycles. The van der Waals surface area contributed by atoms with Gasteiger partial charge in [0.1, 0.15) is 5.82 Å². The minimum absolute atomic E-state index is 0.0841. The molecule has 0 aliphatic heterocycles. The van der Waals surface area contributed by atoms with E-state index in [9.17, 15) is 14.0 Å². The minimum Gasteiger partial charge on any atom is -0.331 e. The third-order valence-corrected chi connectivity index (χ3v) is 5.38. The van der Waals surface area contributed by atoms with E-state index < -0.39 is 11.7 Å². The van der Waals surface area contributed by atoms with E-state index in [1.165, 1.54) is 28.8 Å². The second-order valence-electron chi connectivity index (χ2n) is 6.98. The molecule has 150 valence electrons. The highest BCUT2D eigenvalue weighted by Crippen LogP contribution is 2.19. The van der Waals surface area contributed by atoms with Crippen molar-refractivity contribution in [2.24, 2.45) is 0 Å². The molecule has 3 aromatic carbocycles. The summed E-state index contributed by atoms with van der Waals surface area (Å²) in [7, 11) is 0. The Morgan fingerprint density at radius 2 is 1.83 bits per heavy atom. The second kappa shape index (κ2) is 7.68. The minimum atomic E-state index is -0.526. The number of hydrogen-bond acceptors (Lipinski definition) is 3. The third-order valence-electron chi connectivity index (χ3n) is 5.10. The number of carbonyl (C=O) groups excluding carboxylic acids is 1. The van der Waals surface area contributed by atoms with Crippen molar-refractivity contribution in [2.75, 3.05) is 5.32 Å². The van der Waals surface area contributed by atoms with Crippen molar-refractivity contribution < 1.29 is 9.18 Å². The maximum absolute atomic E-state index is 13.8. The Morgan fingerprint density at radius 1 is 1.07 bits per heavy atom. The predicted octanol–water partition coefficient (Wildman–Crippen LogP) is 5.06. The molecule has 0 saturated heterocycles. The van der Waals surface area contributed by atoms with Gasteiger partial charge in [-0.25, -0.2) is 4.39 Å². The molecule has 0 fully saturated rings. The number of aromatic nitrogens is 2. The van der Waals surface area contributed by atoms with Crippen LogP contribution in [0, 0.1) is 24.4 Å². The molecule has 0 aliphatic carbocycles. The van der Waals surface area contributed by atoms with Crippen LogP contribution in [0.25, 0.3) is 16.6 Å². The molecule has 4 aromatic rings. The molecule has 5 nitrogen and oxygen atoms in total. The van der Waals surface area contributed by atoms with Crippen LogP contribution >= 0.6 is 12.2 Å². The standard InChI is InChI=1S/C23H18FN3O2S/c1-13-6-5-9-20(14(13)2)27-22(29)16-11-10-15(12-19(16)26-23(27)30)21(28)25-18-8-4-3-7-17(18)24/h3-12H,1-2H3,(H,25,28)(H,26,30). The number of carbonyl (C=O) groups is 1. The Balaban J connectivity index is 1.79. The van der Waals surface area contributed by atoms with E-state index in [0.29, 0.717) is 16.6 Å². The van der Waals surface area contributed by atoms with Gasteiger partial charge in [0.05, 0.1) is 22.3 Å². The van der Waals surface area contributed by atoms with Gasteiger partial charge < -0.3 is 10.3 Å². The average Bonchev–Trinajstić information content (AvgIpc) is 2.72. The molecule has 0 unspecified atom stereocenters. The number of halogens is 1. The van der Waals surface area contributed by atoms with Crippen LogP contribution in [0.2, 0.25) is 0 Å². The van der Waals surface area contributed by atoms with E-state index in [1.54, 1.807) is 18.2 Å². The molecule has 30 heavy (non-hydrogen) atoms. The van der Waals surface area contributed by atoms with Crippen molar-refractivity contribution in [3.05, 3.63) is 98.3 Å². The maximum atomic E-state index is 13.8. The Hall–Kier alpha value is -3.58. The molecule has 0 spiro atoms. The first-order valence-corrected chi connectivity index (χ1v) is 9.69. The molecular formula is C23H18FN3O2S. The molecule has 7 heteroatoms. The lowest BCUT2D eigenvalue weighted by molar-refractivity contribution is 0.102. The van der Waals surface area contributed by atoms with Crippen LogP contribution in [0.1, 0.15) is 21.5 Å². The number of anilines is 1. The number of hydrogen-bond donors (Lipinski definition) is 2. The summed E-state index contributed by atoms with van der Waals surface area (Å²) in [6.07, 6.45) is 0. The first-order valence-electron chi connectivity index (χ1n) is 9.28. The van der Waals surface area contributed by atoms with Crippen molar-refractivity contribution in [2.45, 2.75) is 13.8 Å². The van der Waals surface area contributed by atoms with E-state index in [0.717, 1.165) is 11.1 Å². The molecule has 0 bridgehead atoms. The summed E-state index contributed by atoms with van der Waals surface area (Å²) in [5.41, 5.74) is 3.25. The lowest BCUT2D eigenvalue weighted by atomic mass is 10.1. The molecule has 4 rings (SSSR count). The van der Waals surface area contributed by atoms with E-state index in [1.807, 2.05) is 32.0 Å². The summed E-state index contributed by atoms with van der Waals surface area (Å²) >= 11 is 5.44. The SMILES string of the molecule is Cc1cccc(-n2c(=S)[nH]c3cc(C(=O)Nc4ccccc4F)ccc3c2=O)c1C. The van der Waals surface area contributed by atoms with Crippen LogP contribution in [0.3, 0.4) is 0 Å². The van der Waals surface area contributed by atoms with Crippen LogP contribution in [0.15, 0.2) is 65.5 Å². The molecule has 0 saturated carbocycles. The summed E-state index contributed by atoms with van der Waals surface area (Å²) in [6.45, 7) is 3.91. The van der Waals surface area contributed by atoms with Crippen molar-refractivity contribution in [3.8, 4) is 5.69 Å². The average molecular weight is 419 g/mol. The predicted molar refractivity (Wildman–Crippen MR) is 119 cm³/mol. The fourth-order valence-corrected chi connectivity index (χ4v) is 3.60. The number of nitrogens with zero attached hydrogens (tertiary/aromatic N) is 1. The van der Waals surface area contributed by atoms with Crippen molar-refractivity contribution in [1.29, 1.82) is 0 Å². The molecule has 1 heterocycles. The monoisotopic (exact) mass is 419 g/mol. The fraction of sp³-hybridized carbons (Fsp3) is 0.0870. The zero-order valence-corrected chi connectivity index (χ0v) is 17.1. The van der Waals surface area contributed by atoms with Crippen LogP contribution < -0.4 is 10.9 Å². The van der Waals surface area contributed by atoms with Crippen molar-refractivity contribution in [3.63, 3.8) is 0 Å². The number of amides is 1. The molecule has 0 aliphatic rings. The molecule has 1 amide bonds. The van der Waals surface area contributed by atoms with Gasteiger partial charge in [0.25, 0.3) is 11.5 Å². The lowest BCUT2D eigenvalue weighted by Gasteiger charge is -2.13. The molecule has 2 N–H and O–H groups in total. The number of rotatable bonds is 3. The number of fused-ring (bicyclic) bond motifs is 1. The number of benzene rings is 3. The van der Waals surface area contributed by atoms with Gasteiger partial charge in [-0.15, -0.1) is 0 Å². The van der Waals surface area contributed by atoms with Gasteiger partial charge in [0, 0.05) is 5.56 Å². The largest absolute Gasteiger partial charge is 0.331 e. The van der Waals surface area contributed by atoms with E-state index in [-0.39, 0.29) is 21.6 Å². The van der Waals surface area contributed by atoms with Crippen LogP contribution in [0.5, 0.6) is 0 Å². The molecule has 0 atom stereocenters. The maximum Gasteiger partial charge on any atom is 0.266 e. The summed E-state index contributed by atoms with van der Waals surface area (Å²) in [5, 5.41) is 2.93. The van der Waals surface area contributed by atoms with Gasteiger partial charge in [-0.2, -0.15) is 0 Å². The van der Waals surface area contributed by atoms with Crippen molar-refractivity contribution >= 4 is 34.7 Å². The van der Waals surface area contributed by atoms with Crippen LogP contribution in [-0.2, 0) is 0 Å². The molecule has 0 radical (unpaired) electrons. The van der Waals surface area contributed by atoms with Gasteiger partial charge in [-0.1, -0.05) is 24.3 Å². The zero-order chi connectivity index (χ0) is 21.4. The number of aryl methyl sites for hydroxylation is 1. The Morgan fingerprint density at radius 3 is 2.60 bits per heavy atom. The van der Waals surface area contributed by atoms with Gasteiger partial charge in [-0.05, 0) is 73.6 Å². The lowest BCUT2D eigenvalue weighted by Crippen LogP contribution is -2.22. The Bertz CT molecular complexity index is 1420. The number of para-hydroxylation sites is 1. The summed E-state index contributed by atoms with van der Waals surface area (Å²) in [4.78, 5) is 28.7. The van der Waals surface area contributed by atoms with E-state index >= 15 is 0 Å². The Kier molecular flexibility index (Phi) is 5.05. The zero-order valence-electron chi connectivity index (χ0n) is 16.3. The highest BCUT2D eigenvalue weighted by Gasteiger charge is 2.14. The number of H-pyrrole nitrogens is 1. The van der Waals surface area contributed by atoms with Crippen LogP contribution in [0.4, 0.5) is 10.1 Å². The van der Waals surface area contributed by atoms with Gasteiger partial charge in [0.2, 0.25) is 0 Å². The topological polar surface area (TPSA) is 66.9 Å². The first-order chi connectivity index (χ1) is 14.4. The highest BCUT2D eigenvalue weighted by molar-refractivity contribution is 7.71. The normalized spacial score (nSPS) is 10.9. The third kappa shape index (κ3) is 3.44. The van der Waals surface area contributed by atoms with E-state index in [4.69, 9.17) is 12.2 Å². The van der Waals surface area contributed by atoms with Crippen molar-refractivity contribution in [1.82, 2.24) is 9.55 Å². The highest BCUT2D eigenvalue weighted by atomic mass is 32.1. The smallest absolute Gasteiger partial charge is 0.266 e. The van der Waals surface area contributed by atoms with Gasteiger partial charge >= 0.3 is 0 Å². The van der Waals surface area contributed by atoms with Gasteiger partial charge in [0.15, 0.2) is 4.77 Å². The fourth-order valence-electron chi connectivity index (χ4n) is 3.31. The number of aromatic amines is 1. The summed E-state index contributed by atoms with van der Waals surface area (Å²) < 4.78 is 15.5. The first kappa shape index (κ1) is 19.7. The quantitative estimate of drug-likeness (QED) is 0.456.